The minimum Gasteiger partial charge on any atom is -0.461 e. The molecule has 0 aliphatic rings. The van der Waals surface area contributed by atoms with Gasteiger partial charge in [0.25, 0.3) is 0 Å². The van der Waals surface area contributed by atoms with Gasteiger partial charge in [-0.2, -0.15) is 10.3 Å². The van der Waals surface area contributed by atoms with Crippen LogP contribution < -0.4 is 0 Å². The molecule has 2 rings (SSSR count). The third kappa shape index (κ3) is 2.25. The fraction of sp³-hybridized carbons (Fsp3) is 0.308. The molecule has 0 spiro atoms. The number of aryl methyl sites for hydroxylation is 2. The number of carbonyl (C=O) groups is 1. The number of nitrogens with zero attached hydrogens (tertiary/aromatic N) is 2. The highest BCUT2D eigenvalue weighted by Gasteiger charge is 2.20. The number of nitrogens with one attached hydrogen (secondary N) is 1. The number of rotatable bonds is 3. The lowest BCUT2D eigenvalue weighted by atomic mass is 10.0. The Hall–Kier alpha value is -2.17. The molecule has 0 amide bonds. The Morgan fingerprint density at radius 1 is 1.33 bits per heavy atom. The summed E-state index contributed by atoms with van der Waals surface area (Å²) in [5.41, 5.74) is 3.81. The SMILES string of the molecule is CCOC(=O)c1n[nH]nc1-c1cc(C)ccc1C. The van der Waals surface area contributed by atoms with Crippen molar-refractivity contribution in [3.05, 3.63) is 35.0 Å². The first kappa shape index (κ1) is 12.3. The quantitative estimate of drug-likeness (QED) is 0.842. The molecular weight excluding hydrogens is 230 g/mol. The van der Waals surface area contributed by atoms with Crippen molar-refractivity contribution in [3.63, 3.8) is 0 Å². The lowest BCUT2D eigenvalue weighted by Gasteiger charge is -2.05. The van der Waals surface area contributed by atoms with Crippen molar-refractivity contribution < 1.29 is 9.53 Å². The van der Waals surface area contributed by atoms with E-state index in [1.807, 2.05) is 32.0 Å². The number of ether oxygens (including phenoxy) is 1. The zero-order valence-electron chi connectivity index (χ0n) is 10.7. The summed E-state index contributed by atoms with van der Waals surface area (Å²) >= 11 is 0. The molecule has 1 aromatic carbocycles. The summed E-state index contributed by atoms with van der Waals surface area (Å²) in [6.45, 7) is 6.04. The maximum Gasteiger partial charge on any atom is 0.361 e. The van der Waals surface area contributed by atoms with Crippen LogP contribution in [-0.2, 0) is 4.74 Å². The summed E-state index contributed by atoms with van der Waals surface area (Å²) in [5.74, 6) is -0.456. The average Bonchev–Trinajstić information content (AvgIpc) is 2.81. The Kier molecular flexibility index (Phi) is 3.41. The molecule has 2 aromatic rings. The van der Waals surface area contributed by atoms with Crippen LogP contribution in [0.4, 0.5) is 0 Å². The predicted molar refractivity (Wildman–Crippen MR) is 67.2 cm³/mol. The Morgan fingerprint density at radius 3 is 2.83 bits per heavy atom. The van der Waals surface area contributed by atoms with E-state index in [2.05, 4.69) is 15.4 Å². The fourth-order valence-corrected chi connectivity index (χ4v) is 1.75. The first-order valence-corrected chi connectivity index (χ1v) is 5.79. The van der Waals surface area contributed by atoms with Gasteiger partial charge < -0.3 is 4.74 Å². The number of hydrogen-bond donors (Lipinski definition) is 1. The lowest BCUT2D eigenvalue weighted by molar-refractivity contribution is 0.0520. The standard InChI is InChI=1S/C13H15N3O2/c1-4-18-13(17)12-11(14-16-15-12)10-7-8(2)5-6-9(10)3/h5-7H,4H2,1-3H3,(H,14,15,16). The smallest absolute Gasteiger partial charge is 0.361 e. The van der Waals surface area contributed by atoms with E-state index in [9.17, 15) is 4.79 Å². The summed E-state index contributed by atoms with van der Waals surface area (Å²) in [6.07, 6.45) is 0. The van der Waals surface area contributed by atoms with Crippen molar-refractivity contribution in [1.82, 2.24) is 15.4 Å². The summed E-state index contributed by atoms with van der Waals surface area (Å²) in [4.78, 5) is 11.8. The number of H-pyrrole nitrogens is 1. The van der Waals surface area contributed by atoms with Crippen LogP contribution in [0.3, 0.4) is 0 Å². The van der Waals surface area contributed by atoms with Gasteiger partial charge in [-0.1, -0.05) is 17.7 Å². The van der Waals surface area contributed by atoms with Crippen LogP contribution in [0.2, 0.25) is 0 Å². The molecule has 0 bridgehead atoms. The number of carbonyl (C=O) groups excluding carboxylic acids is 1. The van der Waals surface area contributed by atoms with Crippen LogP contribution in [0.15, 0.2) is 18.2 Å². The van der Waals surface area contributed by atoms with Crippen molar-refractivity contribution >= 4 is 5.97 Å². The first-order valence-electron chi connectivity index (χ1n) is 5.79. The van der Waals surface area contributed by atoms with Gasteiger partial charge in [-0.3, -0.25) is 0 Å². The van der Waals surface area contributed by atoms with Crippen LogP contribution in [0.25, 0.3) is 11.3 Å². The molecule has 0 saturated heterocycles. The number of benzene rings is 1. The average molecular weight is 245 g/mol. The highest BCUT2D eigenvalue weighted by atomic mass is 16.5. The molecule has 5 heteroatoms. The van der Waals surface area contributed by atoms with Gasteiger partial charge in [0.05, 0.1) is 6.61 Å². The van der Waals surface area contributed by atoms with Gasteiger partial charge in [0.2, 0.25) is 0 Å². The van der Waals surface area contributed by atoms with E-state index in [1.54, 1.807) is 6.92 Å². The molecule has 0 aliphatic carbocycles. The van der Waals surface area contributed by atoms with Crippen molar-refractivity contribution in [1.29, 1.82) is 0 Å². The van der Waals surface area contributed by atoms with E-state index in [-0.39, 0.29) is 5.69 Å². The fourth-order valence-electron chi connectivity index (χ4n) is 1.75. The first-order chi connectivity index (χ1) is 8.63. The van der Waals surface area contributed by atoms with E-state index in [0.29, 0.717) is 12.3 Å². The van der Waals surface area contributed by atoms with Crippen molar-refractivity contribution in [3.8, 4) is 11.3 Å². The number of aromatic amines is 1. The minimum atomic E-state index is -0.456. The molecule has 0 saturated carbocycles. The number of aromatic nitrogens is 3. The minimum absolute atomic E-state index is 0.227. The molecular formula is C13H15N3O2. The molecule has 0 radical (unpaired) electrons. The highest BCUT2D eigenvalue weighted by Crippen LogP contribution is 2.25. The molecule has 0 aliphatic heterocycles. The second-order valence-corrected chi connectivity index (χ2v) is 4.06. The second-order valence-electron chi connectivity index (χ2n) is 4.06. The lowest BCUT2D eigenvalue weighted by Crippen LogP contribution is -2.07. The van der Waals surface area contributed by atoms with E-state index in [1.165, 1.54) is 0 Å². The van der Waals surface area contributed by atoms with Gasteiger partial charge in [-0.15, -0.1) is 5.10 Å². The highest BCUT2D eigenvalue weighted by molar-refractivity contribution is 5.94. The molecule has 0 atom stereocenters. The normalized spacial score (nSPS) is 10.4. The Labute approximate surface area is 105 Å². The van der Waals surface area contributed by atoms with Gasteiger partial charge in [-0.25, -0.2) is 4.79 Å². The molecule has 1 N–H and O–H groups in total. The summed E-state index contributed by atoms with van der Waals surface area (Å²) in [6, 6.07) is 5.99. The van der Waals surface area contributed by atoms with Gasteiger partial charge in [-0.05, 0) is 32.4 Å². The van der Waals surface area contributed by atoms with Crippen LogP contribution >= 0.6 is 0 Å². The molecule has 0 unspecified atom stereocenters. The number of esters is 1. The van der Waals surface area contributed by atoms with Crippen LogP contribution in [0, 0.1) is 13.8 Å². The zero-order valence-corrected chi connectivity index (χ0v) is 10.7. The van der Waals surface area contributed by atoms with E-state index >= 15 is 0 Å². The third-order valence-corrected chi connectivity index (χ3v) is 2.66. The Bertz CT molecular complexity index is 575. The van der Waals surface area contributed by atoms with Crippen LogP contribution in [0.1, 0.15) is 28.5 Å². The monoisotopic (exact) mass is 245 g/mol. The van der Waals surface area contributed by atoms with E-state index < -0.39 is 5.97 Å². The van der Waals surface area contributed by atoms with Crippen molar-refractivity contribution in [2.24, 2.45) is 0 Å². The summed E-state index contributed by atoms with van der Waals surface area (Å²) in [7, 11) is 0. The molecule has 1 heterocycles. The largest absolute Gasteiger partial charge is 0.461 e. The molecule has 1 aromatic heterocycles. The van der Waals surface area contributed by atoms with Crippen molar-refractivity contribution in [2.45, 2.75) is 20.8 Å². The van der Waals surface area contributed by atoms with Gasteiger partial charge >= 0.3 is 5.97 Å². The van der Waals surface area contributed by atoms with Crippen molar-refractivity contribution in [2.75, 3.05) is 6.61 Å². The van der Waals surface area contributed by atoms with E-state index in [4.69, 9.17) is 4.74 Å². The maximum absolute atomic E-state index is 11.8. The maximum atomic E-state index is 11.8. The Balaban J connectivity index is 2.48. The summed E-state index contributed by atoms with van der Waals surface area (Å²) in [5, 5.41) is 10.4. The molecule has 18 heavy (non-hydrogen) atoms. The molecule has 94 valence electrons. The topological polar surface area (TPSA) is 67.9 Å². The molecule has 5 nitrogen and oxygen atoms in total. The van der Waals surface area contributed by atoms with Crippen LogP contribution in [0.5, 0.6) is 0 Å². The van der Waals surface area contributed by atoms with Gasteiger partial charge in [0.1, 0.15) is 5.69 Å². The molecule has 0 fully saturated rings. The zero-order chi connectivity index (χ0) is 13.1. The second kappa shape index (κ2) is 5.00. The van der Waals surface area contributed by atoms with E-state index in [0.717, 1.165) is 16.7 Å². The van der Waals surface area contributed by atoms with Gasteiger partial charge in [0, 0.05) is 5.56 Å². The summed E-state index contributed by atoms with van der Waals surface area (Å²) < 4.78 is 4.96. The van der Waals surface area contributed by atoms with Crippen LogP contribution in [-0.4, -0.2) is 28.0 Å². The number of hydrogen-bond acceptors (Lipinski definition) is 4. The predicted octanol–water partition coefficient (Wildman–Crippen LogP) is 2.27. The third-order valence-electron chi connectivity index (χ3n) is 2.66. The van der Waals surface area contributed by atoms with Gasteiger partial charge in [0.15, 0.2) is 5.69 Å². The Morgan fingerprint density at radius 2 is 2.11 bits per heavy atom.